The summed E-state index contributed by atoms with van der Waals surface area (Å²) in [7, 11) is 0. The summed E-state index contributed by atoms with van der Waals surface area (Å²) in [5.74, 6) is 1.77. The lowest BCUT2D eigenvalue weighted by atomic mass is 9.97. The number of likely N-dealkylation sites (tertiary alicyclic amines) is 1. The number of hydrogen-bond acceptors (Lipinski definition) is 4. The number of nitrogens with zero attached hydrogens (tertiary/aromatic N) is 4. The molecule has 0 saturated carbocycles. The maximum absolute atomic E-state index is 5.05. The Balaban J connectivity index is 0.00000256. The number of aryl methyl sites for hydroxylation is 1. The topological polar surface area (TPSA) is 43.8 Å². The Morgan fingerprint density at radius 2 is 1.97 bits per heavy atom. The molecule has 2 aromatic rings. The van der Waals surface area contributed by atoms with Crippen molar-refractivity contribution in [3.8, 4) is 0 Å². The molecule has 2 aliphatic heterocycles. The molecule has 1 saturated heterocycles. The van der Waals surface area contributed by atoms with Crippen molar-refractivity contribution in [3.05, 3.63) is 51.5 Å². The van der Waals surface area contributed by atoms with E-state index in [4.69, 9.17) is 4.99 Å². The van der Waals surface area contributed by atoms with Crippen LogP contribution in [0.3, 0.4) is 0 Å². The SMILES string of the molecule is CCNC(=NCC1CCN(Cc2csc(C)n2)CC1)N1CCc2ccccc2C1.I. The van der Waals surface area contributed by atoms with Gasteiger partial charge in [-0.1, -0.05) is 24.3 Å². The van der Waals surface area contributed by atoms with Gasteiger partial charge in [-0.25, -0.2) is 4.98 Å². The van der Waals surface area contributed by atoms with E-state index in [0.717, 1.165) is 58.2 Å². The van der Waals surface area contributed by atoms with Crippen LogP contribution < -0.4 is 5.32 Å². The normalized spacial score (nSPS) is 18.1. The lowest BCUT2D eigenvalue weighted by molar-refractivity contribution is 0.179. The summed E-state index contributed by atoms with van der Waals surface area (Å²) in [6.45, 7) is 11.4. The van der Waals surface area contributed by atoms with Crippen molar-refractivity contribution < 1.29 is 0 Å². The number of halogens is 1. The van der Waals surface area contributed by atoms with Gasteiger partial charge in [-0.05, 0) is 63.2 Å². The number of benzene rings is 1. The van der Waals surface area contributed by atoms with Crippen molar-refractivity contribution in [2.75, 3.05) is 32.7 Å². The Hall–Kier alpha value is -1.19. The van der Waals surface area contributed by atoms with E-state index >= 15 is 0 Å². The van der Waals surface area contributed by atoms with E-state index in [1.165, 1.54) is 34.7 Å². The number of piperidine rings is 1. The molecule has 3 heterocycles. The molecule has 0 atom stereocenters. The van der Waals surface area contributed by atoms with Gasteiger partial charge >= 0.3 is 0 Å². The highest BCUT2D eigenvalue weighted by Crippen LogP contribution is 2.21. The number of guanidine groups is 1. The number of rotatable bonds is 5. The van der Waals surface area contributed by atoms with E-state index in [1.54, 1.807) is 11.3 Å². The zero-order valence-electron chi connectivity index (χ0n) is 18.1. The van der Waals surface area contributed by atoms with Gasteiger partial charge in [-0.2, -0.15) is 0 Å². The third-order valence-electron chi connectivity index (χ3n) is 6.02. The second-order valence-electron chi connectivity index (χ2n) is 8.21. The van der Waals surface area contributed by atoms with Gasteiger partial charge in [-0.15, -0.1) is 35.3 Å². The number of thiazole rings is 1. The van der Waals surface area contributed by atoms with Gasteiger partial charge in [0.05, 0.1) is 10.7 Å². The molecule has 0 unspecified atom stereocenters. The van der Waals surface area contributed by atoms with E-state index in [2.05, 4.69) is 63.6 Å². The molecule has 0 radical (unpaired) electrons. The molecular formula is C23H34IN5S. The molecule has 0 spiro atoms. The highest BCUT2D eigenvalue weighted by atomic mass is 127. The predicted octanol–water partition coefficient (Wildman–Crippen LogP) is 4.31. The molecule has 5 nitrogen and oxygen atoms in total. The zero-order valence-corrected chi connectivity index (χ0v) is 21.3. The Labute approximate surface area is 202 Å². The fourth-order valence-corrected chi connectivity index (χ4v) is 4.96. The van der Waals surface area contributed by atoms with Crippen molar-refractivity contribution >= 4 is 41.3 Å². The van der Waals surface area contributed by atoms with Gasteiger partial charge in [0.25, 0.3) is 0 Å². The molecule has 4 rings (SSSR count). The number of hydrogen-bond donors (Lipinski definition) is 1. The number of aliphatic imine (C=N–C) groups is 1. The summed E-state index contributed by atoms with van der Waals surface area (Å²) >= 11 is 1.75. The summed E-state index contributed by atoms with van der Waals surface area (Å²) in [5.41, 5.74) is 4.15. The number of fused-ring (bicyclic) bond motifs is 1. The standard InChI is InChI=1S/C23H33N5S.HI/c1-3-24-23(28-13-10-20-6-4-5-7-21(20)15-28)25-14-19-8-11-27(12-9-19)16-22-17-29-18(2)26-22;/h4-7,17,19H,3,8-16H2,1-2H3,(H,24,25);1H. The summed E-state index contributed by atoms with van der Waals surface area (Å²) in [5, 5.41) is 6.89. The maximum atomic E-state index is 5.05. The Kier molecular flexibility index (Phi) is 8.95. The lowest BCUT2D eigenvalue weighted by Crippen LogP contribution is -2.44. The summed E-state index contributed by atoms with van der Waals surface area (Å²) in [6.07, 6.45) is 3.57. The second kappa shape index (κ2) is 11.4. The zero-order chi connectivity index (χ0) is 20.1. The fourth-order valence-electron chi connectivity index (χ4n) is 4.35. The van der Waals surface area contributed by atoms with Crippen LogP contribution in [0.15, 0.2) is 34.6 Å². The van der Waals surface area contributed by atoms with Crippen LogP contribution in [0.4, 0.5) is 0 Å². The lowest BCUT2D eigenvalue weighted by Gasteiger charge is -2.33. The first-order valence-electron chi connectivity index (χ1n) is 10.9. The summed E-state index contributed by atoms with van der Waals surface area (Å²) in [6, 6.07) is 8.81. The van der Waals surface area contributed by atoms with Crippen molar-refractivity contribution in [3.63, 3.8) is 0 Å². The fraction of sp³-hybridized carbons (Fsp3) is 0.565. The van der Waals surface area contributed by atoms with Crippen LogP contribution in [-0.4, -0.2) is 53.5 Å². The van der Waals surface area contributed by atoms with Gasteiger partial charge < -0.3 is 10.2 Å². The number of aromatic nitrogens is 1. The van der Waals surface area contributed by atoms with Crippen LogP contribution in [0, 0.1) is 12.8 Å². The first-order chi connectivity index (χ1) is 14.2. The minimum absolute atomic E-state index is 0. The number of nitrogens with one attached hydrogen (secondary N) is 1. The third-order valence-corrected chi connectivity index (χ3v) is 6.85. The van der Waals surface area contributed by atoms with Crippen LogP contribution in [0.5, 0.6) is 0 Å². The molecule has 164 valence electrons. The maximum Gasteiger partial charge on any atom is 0.194 e. The van der Waals surface area contributed by atoms with E-state index in [0.29, 0.717) is 5.92 Å². The smallest absolute Gasteiger partial charge is 0.194 e. The largest absolute Gasteiger partial charge is 0.357 e. The molecule has 1 aromatic heterocycles. The van der Waals surface area contributed by atoms with Crippen LogP contribution >= 0.6 is 35.3 Å². The summed E-state index contributed by atoms with van der Waals surface area (Å²) < 4.78 is 0. The van der Waals surface area contributed by atoms with Crippen molar-refractivity contribution in [2.24, 2.45) is 10.9 Å². The summed E-state index contributed by atoms with van der Waals surface area (Å²) in [4.78, 5) is 14.6. The Morgan fingerprint density at radius 3 is 2.67 bits per heavy atom. The highest BCUT2D eigenvalue weighted by molar-refractivity contribution is 14.0. The van der Waals surface area contributed by atoms with Crippen LogP contribution in [0.25, 0.3) is 0 Å². The van der Waals surface area contributed by atoms with Crippen molar-refractivity contribution in [1.29, 1.82) is 0 Å². The van der Waals surface area contributed by atoms with Crippen molar-refractivity contribution in [2.45, 2.75) is 46.2 Å². The molecular weight excluding hydrogens is 505 g/mol. The molecule has 0 aliphatic carbocycles. The van der Waals surface area contributed by atoms with Crippen LogP contribution in [0.2, 0.25) is 0 Å². The minimum atomic E-state index is 0. The molecule has 30 heavy (non-hydrogen) atoms. The average Bonchev–Trinajstić information content (AvgIpc) is 3.16. The highest BCUT2D eigenvalue weighted by Gasteiger charge is 2.22. The molecule has 1 fully saturated rings. The third kappa shape index (κ3) is 6.17. The molecule has 0 bridgehead atoms. The molecule has 0 amide bonds. The minimum Gasteiger partial charge on any atom is -0.357 e. The second-order valence-corrected chi connectivity index (χ2v) is 9.27. The first kappa shape index (κ1) is 23.5. The van der Waals surface area contributed by atoms with Crippen LogP contribution in [-0.2, 0) is 19.5 Å². The first-order valence-corrected chi connectivity index (χ1v) is 11.8. The van der Waals surface area contributed by atoms with Gasteiger partial charge in [0.15, 0.2) is 5.96 Å². The average molecular weight is 540 g/mol. The molecule has 1 aromatic carbocycles. The van der Waals surface area contributed by atoms with Gasteiger partial charge in [-0.3, -0.25) is 9.89 Å². The molecule has 2 aliphatic rings. The molecule has 1 N–H and O–H groups in total. The molecule has 7 heteroatoms. The van der Waals surface area contributed by atoms with E-state index in [-0.39, 0.29) is 24.0 Å². The predicted molar refractivity (Wildman–Crippen MR) is 137 cm³/mol. The van der Waals surface area contributed by atoms with Gasteiger partial charge in [0, 0.05) is 38.1 Å². The van der Waals surface area contributed by atoms with Gasteiger partial charge in [0.1, 0.15) is 0 Å². The van der Waals surface area contributed by atoms with Crippen LogP contribution in [0.1, 0.15) is 41.6 Å². The monoisotopic (exact) mass is 539 g/mol. The Morgan fingerprint density at radius 1 is 1.20 bits per heavy atom. The Bertz CT molecular complexity index is 829. The van der Waals surface area contributed by atoms with E-state index in [1.807, 2.05) is 0 Å². The van der Waals surface area contributed by atoms with E-state index < -0.39 is 0 Å². The van der Waals surface area contributed by atoms with Crippen molar-refractivity contribution in [1.82, 2.24) is 20.1 Å². The van der Waals surface area contributed by atoms with E-state index in [9.17, 15) is 0 Å². The quantitative estimate of drug-likeness (QED) is 0.350. The van der Waals surface area contributed by atoms with Gasteiger partial charge in [0.2, 0.25) is 0 Å².